The van der Waals surface area contributed by atoms with Crippen LogP contribution in [0.25, 0.3) is 0 Å². The number of rotatable bonds is 6. The molecule has 0 saturated carbocycles. The van der Waals surface area contributed by atoms with Gasteiger partial charge in [-0.15, -0.1) is 0 Å². The summed E-state index contributed by atoms with van der Waals surface area (Å²) in [5, 5.41) is 11.1. The Labute approximate surface area is 173 Å². The Bertz CT molecular complexity index is 890. The maximum atomic E-state index is 11.9. The van der Waals surface area contributed by atoms with Gasteiger partial charge in [-0.1, -0.05) is 29.3 Å². The second-order valence-corrected chi connectivity index (χ2v) is 7.66. The molecule has 1 aliphatic heterocycles. The third-order valence-electron chi connectivity index (χ3n) is 4.83. The molecule has 2 aromatic rings. The van der Waals surface area contributed by atoms with Gasteiger partial charge in [-0.3, -0.25) is 9.59 Å². The molecule has 1 N–H and O–H groups in total. The minimum atomic E-state index is -0.362. The summed E-state index contributed by atoms with van der Waals surface area (Å²) in [7, 11) is 1.33. The number of carbonyl (C=O) groups is 2. The maximum absolute atomic E-state index is 11.9. The highest BCUT2D eigenvalue weighted by molar-refractivity contribution is 6.36. The summed E-state index contributed by atoms with van der Waals surface area (Å²) in [6.07, 6.45) is 1.98. The molecule has 1 fully saturated rings. The summed E-state index contributed by atoms with van der Waals surface area (Å²) in [4.78, 5) is 25.1. The van der Waals surface area contributed by atoms with Crippen LogP contribution in [0, 0.1) is 0 Å². The number of ether oxygens (including phenoxy) is 1. The Hall–Kier alpha value is -2.24. The predicted octanol–water partition coefficient (Wildman–Crippen LogP) is 4.13. The van der Waals surface area contributed by atoms with E-state index >= 15 is 0 Å². The summed E-state index contributed by atoms with van der Waals surface area (Å²) in [5.41, 5.74) is 3.04. The van der Waals surface area contributed by atoms with Gasteiger partial charge >= 0.3 is 5.97 Å². The number of phenols is 1. The summed E-state index contributed by atoms with van der Waals surface area (Å²) in [6, 6.07) is 8.72. The first-order valence-corrected chi connectivity index (χ1v) is 9.75. The monoisotopic (exact) mass is 421 g/mol. The molecule has 1 aliphatic rings. The van der Waals surface area contributed by atoms with Gasteiger partial charge in [0.15, 0.2) is 0 Å². The average Bonchev–Trinajstić information content (AvgIpc) is 3.05. The first kappa shape index (κ1) is 20.5. The standard InChI is InChI=1S/C21H21Cl2NO4/c1-28-21(27)11-14-9-17(22)16(18(23)10-14)8-13-4-5-19(25)15(7-13)12-24-6-2-3-20(24)26/h4-5,7,9-10,25H,2-3,6,8,11-12H2,1H3. The number of amides is 1. The molecule has 0 bridgehead atoms. The number of nitrogens with zero attached hydrogens (tertiary/aromatic N) is 1. The number of hydrogen-bond donors (Lipinski definition) is 1. The maximum Gasteiger partial charge on any atom is 0.309 e. The molecule has 0 aromatic heterocycles. The lowest BCUT2D eigenvalue weighted by atomic mass is 10.00. The molecule has 0 aliphatic carbocycles. The molecule has 0 atom stereocenters. The molecule has 0 spiro atoms. The van der Waals surface area contributed by atoms with Crippen molar-refractivity contribution < 1.29 is 19.4 Å². The Morgan fingerprint density at radius 1 is 1.18 bits per heavy atom. The Balaban J connectivity index is 1.80. The number of carbonyl (C=O) groups excluding carboxylic acids is 2. The summed E-state index contributed by atoms with van der Waals surface area (Å²) in [5.74, 6) is -0.0920. The third-order valence-corrected chi connectivity index (χ3v) is 5.51. The van der Waals surface area contributed by atoms with Crippen molar-refractivity contribution in [1.82, 2.24) is 4.90 Å². The van der Waals surface area contributed by atoms with Crippen molar-refractivity contribution in [2.24, 2.45) is 0 Å². The van der Waals surface area contributed by atoms with Gasteiger partial charge < -0.3 is 14.7 Å². The summed E-state index contributed by atoms with van der Waals surface area (Å²) >= 11 is 12.8. The molecule has 1 amide bonds. The normalized spacial score (nSPS) is 13.8. The van der Waals surface area contributed by atoms with Gasteiger partial charge in [-0.25, -0.2) is 0 Å². The van der Waals surface area contributed by atoms with Crippen LogP contribution in [0.4, 0.5) is 0 Å². The van der Waals surface area contributed by atoms with E-state index in [0.29, 0.717) is 47.1 Å². The Morgan fingerprint density at radius 2 is 1.89 bits per heavy atom. The third kappa shape index (κ3) is 4.78. The number of likely N-dealkylation sites (tertiary alicyclic amines) is 1. The molecule has 0 unspecified atom stereocenters. The lowest BCUT2D eigenvalue weighted by Crippen LogP contribution is -2.23. The van der Waals surface area contributed by atoms with Crippen LogP contribution in [0.2, 0.25) is 10.0 Å². The molecule has 5 nitrogen and oxygen atoms in total. The van der Waals surface area contributed by atoms with E-state index in [4.69, 9.17) is 23.2 Å². The van der Waals surface area contributed by atoms with Crippen molar-refractivity contribution in [1.29, 1.82) is 0 Å². The van der Waals surface area contributed by atoms with Crippen molar-refractivity contribution in [3.8, 4) is 5.75 Å². The second-order valence-electron chi connectivity index (χ2n) is 6.85. The average molecular weight is 422 g/mol. The molecule has 1 heterocycles. The summed E-state index contributed by atoms with van der Waals surface area (Å²) in [6.45, 7) is 1.10. The highest BCUT2D eigenvalue weighted by Crippen LogP contribution is 2.31. The molecule has 1 saturated heterocycles. The second kappa shape index (κ2) is 8.84. The zero-order chi connectivity index (χ0) is 20.3. The number of hydrogen-bond acceptors (Lipinski definition) is 4. The molecule has 7 heteroatoms. The fraction of sp³-hybridized carbons (Fsp3) is 0.333. The Morgan fingerprint density at radius 3 is 2.50 bits per heavy atom. The van der Waals surface area contributed by atoms with Crippen LogP contribution in [0.1, 0.15) is 35.1 Å². The fourth-order valence-electron chi connectivity index (χ4n) is 3.32. The van der Waals surface area contributed by atoms with E-state index in [1.165, 1.54) is 7.11 Å². The number of methoxy groups -OCH3 is 1. The topological polar surface area (TPSA) is 66.8 Å². The van der Waals surface area contributed by atoms with Crippen molar-refractivity contribution in [3.63, 3.8) is 0 Å². The van der Waals surface area contributed by atoms with E-state index in [9.17, 15) is 14.7 Å². The van der Waals surface area contributed by atoms with Gasteiger partial charge in [0, 0.05) is 41.5 Å². The molecular weight excluding hydrogens is 401 g/mol. The van der Waals surface area contributed by atoms with Gasteiger partial charge in [-0.05, 0) is 47.4 Å². The first-order valence-electron chi connectivity index (χ1n) is 8.99. The molecule has 148 valence electrons. The van der Waals surface area contributed by atoms with Crippen molar-refractivity contribution in [3.05, 3.63) is 62.6 Å². The smallest absolute Gasteiger partial charge is 0.309 e. The molecule has 0 radical (unpaired) electrons. The van der Waals surface area contributed by atoms with Gasteiger partial charge in [0.05, 0.1) is 13.5 Å². The quantitative estimate of drug-likeness (QED) is 0.711. The first-order chi connectivity index (χ1) is 13.4. The minimum absolute atomic E-state index is 0.101. The predicted molar refractivity (Wildman–Crippen MR) is 108 cm³/mol. The number of esters is 1. The van der Waals surface area contributed by atoms with Crippen molar-refractivity contribution >= 4 is 35.1 Å². The van der Waals surface area contributed by atoms with Crippen LogP contribution in [0.5, 0.6) is 5.75 Å². The van der Waals surface area contributed by atoms with Crippen LogP contribution in [0.3, 0.4) is 0 Å². The number of aromatic hydroxyl groups is 1. The SMILES string of the molecule is COC(=O)Cc1cc(Cl)c(Cc2ccc(O)c(CN3CCCC3=O)c2)c(Cl)c1. The zero-order valence-electron chi connectivity index (χ0n) is 15.5. The van der Waals surface area contributed by atoms with Crippen LogP contribution in [0.15, 0.2) is 30.3 Å². The van der Waals surface area contributed by atoms with E-state index in [2.05, 4.69) is 4.74 Å². The van der Waals surface area contributed by atoms with E-state index in [1.54, 1.807) is 29.2 Å². The lowest BCUT2D eigenvalue weighted by molar-refractivity contribution is -0.139. The van der Waals surface area contributed by atoms with Gasteiger partial charge in [0.2, 0.25) is 5.91 Å². The Kier molecular flexibility index (Phi) is 6.47. The van der Waals surface area contributed by atoms with Gasteiger partial charge in [0.25, 0.3) is 0 Å². The van der Waals surface area contributed by atoms with E-state index in [-0.39, 0.29) is 24.0 Å². The summed E-state index contributed by atoms with van der Waals surface area (Å²) < 4.78 is 4.67. The van der Waals surface area contributed by atoms with Crippen LogP contribution >= 0.6 is 23.2 Å². The van der Waals surface area contributed by atoms with Gasteiger partial charge in [0.1, 0.15) is 5.75 Å². The molecule has 3 rings (SSSR count). The van der Waals surface area contributed by atoms with Crippen LogP contribution in [-0.4, -0.2) is 35.5 Å². The van der Waals surface area contributed by atoms with Crippen molar-refractivity contribution in [2.45, 2.75) is 32.2 Å². The number of benzene rings is 2. The molecule has 2 aromatic carbocycles. The van der Waals surface area contributed by atoms with E-state index in [0.717, 1.165) is 17.5 Å². The highest BCUT2D eigenvalue weighted by atomic mass is 35.5. The fourth-order valence-corrected chi connectivity index (χ4v) is 3.99. The highest BCUT2D eigenvalue weighted by Gasteiger charge is 2.21. The molecular formula is C21H21Cl2NO4. The van der Waals surface area contributed by atoms with Gasteiger partial charge in [-0.2, -0.15) is 0 Å². The van der Waals surface area contributed by atoms with E-state index < -0.39 is 0 Å². The van der Waals surface area contributed by atoms with E-state index in [1.807, 2.05) is 6.07 Å². The van der Waals surface area contributed by atoms with Crippen LogP contribution < -0.4 is 0 Å². The van der Waals surface area contributed by atoms with Crippen LogP contribution in [-0.2, 0) is 33.7 Å². The number of halogens is 2. The lowest BCUT2D eigenvalue weighted by Gasteiger charge is -2.17. The zero-order valence-corrected chi connectivity index (χ0v) is 17.0. The van der Waals surface area contributed by atoms with Crippen molar-refractivity contribution in [2.75, 3.05) is 13.7 Å². The molecule has 28 heavy (non-hydrogen) atoms. The number of phenolic OH excluding ortho intramolecular Hbond substituents is 1. The minimum Gasteiger partial charge on any atom is -0.508 e. The largest absolute Gasteiger partial charge is 0.508 e.